The van der Waals surface area contributed by atoms with Crippen molar-refractivity contribution in [2.75, 3.05) is 5.32 Å². The van der Waals surface area contributed by atoms with Crippen LogP contribution in [0.5, 0.6) is 0 Å². The number of aromatic nitrogens is 1. The molecule has 0 saturated carbocycles. The highest BCUT2D eigenvalue weighted by atomic mass is 32.1. The third-order valence-electron chi connectivity index (χ3n) is 3.25. The lowest BCUT2D eigenvalue weighted by molar-refractivity contribution is -0.120. The van der Waals surface area contributed by atoms with E-state index in [1.807, 2.05) is 19.2 Å². The van der Waals surface area contributed by atoms with Crippen molar-refractivity contribution in [2.24, 2.45) is 5.92 Å². The molecule has 2 aromatic heterocycles. The van der Waals surface area contributed by atoms with Gasteiger partial charge in [0.05, 0.1) is 4.88 Å². The van der Waals surface area contributed by atoms with E-state index < -0.39 is 5.97 Å². The van der Waals surface area contributed by atoms with Gasteiger partial charge in [0.25, 0.3) is 0 Å². The fourth-order valence-electron chi connectivity index (χ4n) is 2.03. The number of hydrogen-bond donors (Lipinski definition) is 2. The molecule has 0 fully saturated rings. The van der Waals surface area contributed by atoms with Gasteiger partial charge < -0.3 is 9.63 Å². The van der Waals surface area contributed by atoms with Crippen LogP contribution in [0.15, 0.2) is 22.0 Å². The second kappa shape index (κ2) is 6.53. The molecule has 0 aromatic carbocycles. The third-order valence-corrected chi connectivity index (χ3v) is 4.13. The molecule has 2 aromatic rings. The molecule has 0 aliphatic rings. The summed E-state index contributed by atoms with van der Waals surface area (Å²) in [6, 6.07) is 3.55. The summed E-state index contributed by atoms with van der Waals surface area (Å²) >= 11 is 1.36. The molecule has 0 atom stereocenters. The van der Waals surface area contributed by atoms with Crippen molar-refractivity contribution in [3.8, 4) is 10.6 Å². The van der Waals surface area contributed by atoms with Crippen molar-refractivity contribution in [3.63, 3.8) is 0 Å². The summed E-state index contributed by atoms with van der Waals surface area (Å²) in [6.45, 7) is 3.81. The maximum absolute atomic E-state index is 12.1. The van der Waals surface area contributed by atoms with Crippen molar-refractivity contribution in [1.29, 1.82) is 0 Å². The van der Waals surface area contributed by atoms with Crippen LogP contribution in [0.2, 0.25) is 0 Å². The normalized spacial score (nSPS) is 10.8. The van der Waals surface area contributed by atoms with Gasteiger partial charge in [0.1, 0.15) is 5.69 Å². The van der Waals surface area contributed by atoms with Gasteiger partial charge in [-0.05, 0) is 24.3 Å². The van der Waals surface area contributed by atoms with E-state index in [4.69, 9.17) is 4.52 Å². The number of anilines is 1. The number of hydrogen-bond acceptors (Lipinski definition) is 5. The van der Waals surface area contributed by atoms with Gasteiger partial charge in [-0.3, -0.25) is 10.1 Å². The van der Waals surface area contributed by atoms with Crippen molar-refractivity contribution >= 4 is 29.1 Å². The van der Waals surface area contributed by atoms with Crippen LogP contribution < -0.4 is 5.32 Å². The second-order valence-electron chi connectivity index (χ2n) is 4.52. The Labute approximate surface area is 125 Å². The Morgan fingerprint density at radius 3 is 2.67 bits per heavy atom. The van der Waals surface area contributed by atoms with Crippen LogP contribution in [0.1, 0.15) is 37.0 Å². The van der Waals surface area contributed by atoms with E-state index in [9.17, 15) is 14.7 Å². The molecule has 0 unspecified atom stereocenters. The van der Waals surface area contributed by atoms with Crippen LogP contribution in [0.3, 0.4) is 0 Å². The van der Waals surface area contributed by atoms with Crippen molar-refractivity contribution < 1.29 is 19.2 Å². The van der Waals surface area contributed by atoms with E-state index in [-0.39, 0.29) is 29.0 Å². The summed E-state index contributed by atoms with van der Waals surface area (Å²) in [7, 11) is 0. The van der Waals surface area contributed by atoms with Crippen LogP contribution >= 0.6 is 11.3 Å². The minimum atomic E-state index is -1.18. The Kier molecular flexibility index (Phi) is 4.74. The molecule has 0 spiro atoms. The number of carboxylic acids is 1. The van der Waals surface area contributed by atoms with E-state index in [0.29, 0.717) is 17.7 Å². The molecule has 0 aliphatic heterocycles. The minimum Gasteiger partial charge on any atom is -0.477 e. The van der Waals surface area contributed by atoms with Gasteiger partial charge >= 0.3 is 5.97 Å². The van der Waals surface area contributed by atoms with Crippen molar-refractivity contribution in [2.45, 2.75) is 26.7 Å². The fraction of sp³-hybridized carbons (Fsp3) is 0.357. The fourth-order valence-corrected chi connectivity index (χ4v) is 2.74. The quantitative estimate of drug-likeness (QED) is 0.852. The molecule has 7 heteroatoms. The predicted molar refractivity (Wildman–Crippen MR) is 79.5 cm³/mol. The van der Waals surface area contributed by atoms with Crippen LogP contribution in [0, 0.1) is 5.92 Å². The first-order valence-corrected chi connectivity index (χ1v) is 7.54. The maximum Gasteiger partial charge on any atom is 0.343 e. The van der Waals surface area contributed by atoms with Gasteiger partial charge in [-0.1, -0.05) is 25.1 Å². The molecular formula is C14H16N2O4S. The average molecular weight is 308 g/mol. The zero-order valence-electron chi connectivity index (χ0n) is 11.8. The average Bonchev–Trinajstić information content (AvgIpc) is 3.08. The van der Waals surface area contributed by atoms with Gasteiger partial charge in [-0.2, -0.15) is 0 Å². The standard InChI is InChI=1S/C14H16N2O4S/c1-3-8(4-2)12(17)15-13-10(14(18)19)11(16-20-13)9-6-5-7-21-9/h5-8H,3-4H2,1-2H3,(H,15,17)(H,18,19). The summed E-state index contributed by atoms with van der Waals surface area (Å²) in [4.78, 5) is 24.2. The highest BCUT2D eigenvalue weighted by Crippen LogP contribution is 2.32. The molecule has 0 saturated heterocycles. The summed E-state index contributed by atoms with van der Waals surface area (Å²) in [6.07, 6.45) is 1.35. The molecule has 0 radical (unpaired) electrons. The van der Waals surface area contributed by atoms with Gasteiger partial charge in [-0.15, -0.1) is 11.3 Å². The molecule has 21 heavy (non-hydrogen) atoms. The van der Waals surface area contributed by atoms with Gasteiger partial charge in [0, 0.05) is 5.92 Å². The van der Waals surface area contributed by atoms with E-state index in [0.717, 1.165) is 0 Å². The number of carbonyl (C=O) groups excluding carboxylic acids is 1. The Morgan fingerprint density at radius 1 is 1.43 bits per heavy atom. The molecule has 1 amide bonds. The molecule has 2 N–H and O–H groups in total. The zero-order chi connectivity index (χ0) is 15.4. The minimum absolute atomic E-state index is 0.109. The molecule has 0 bridgehead atoms. The number of nitrogens with one attached hydrogen (secondary N) is 1. The highest BCUT2D eigenvalue weighted by molar-refractivity contribution is 7.13. The van der Waals surface area contributed by atoms with Crippen LogP contribution in [0.25, 0.3) is 10.6 Å². The molecule has 112 valence electrons. The first kappa shape index (κ1) is 15.2. The van der Waals surface area contributed by atoms with Crippen LogP contribution in [-0.4, -0.2) is 22.1 Å². The highest BCUT2D eigenvalue weighted by Gasteiger charge is 2.27. The Hall–Kier alpha value is -2.15. The summed E-state index contributed by atoms with van der Waals surface area (Å²) in [5.74, 6) is -1.72. The lowest BCUT2D eigenvalue weighted by atomic mass is 10.0. The summed E-state index contributed by atoms with van der Waals surface area (Å²) in [5, 5.41) is 17.5. The van der Waals surface area contributed by atoms with E-state index in [1.54, 1.807) is 12.1 Å². The third kappa shape index (κ3) is 3.13. The topological polar surface area (TPSA) is 92.4 Å². The molecule has 2 rings (SSSR count). The van der Waals surface area contributed by atoms with Crippen LogP contribution in [0.4, 0.5) is 5.88 Å². The second-order valence-corrected chi connectivity index (χ2v) is 5.47. The van der Waals surface area contributed by atoms with Gasteiger partial charge in [-0.25, -0.2) is 4.79 Å². The molecule has 0 aliphatic carbocycles. The summed E-state index contributed by atoms with van der Waals surface area (Å²) < 4.78 is 5.03. The lowest BCUT2D eigenvalue weighted by Crippen LogP contribution is -2.22. The lowest BCUT2D eigenvalue weighted by Gasteiger charge is -2.10. The number of carbonyl (C=O) groups is 2. The largest absolute Gasteiger partial charge is 0.477 e. The van der Waals surface area contributed by atoms with Crippen molar-refractivity contribution in [3.05, 3.63) is 23.1 Å². The molecule has 6 nitrogen and oxygen atoms in total. The number of nitrogens with zero attached hydrogens (tertiary/aromatic N) is 1. The predicted octanol–water partition coefficient (Wildman–Crippen LogP) is 3.48. The number of amides is 1. The molecular weight excluding hydrogens is 292 g/mol. The van der Waals surface area contributed by atoms with E-state index in [2.05, 4.69) is 10.5 Å². The molecule has 2 heterocycles. The Bertz CT molecular complexity index is 629. The first-order chi connectivity index (χ1) is 10.1. The van der Waals surface area contributed by atoms with E-state index >= 15 is 0 Å². The van der Waals surface area contributed by atoms with Gasteiger partial charge in [0.15, 0.2) is 5.56 Å². The Morgan fingerprint density at radius 2 is 2.14 bits per heavy atom. The number of thiophene rings is 1. The Balaban J connectivity index is 2.33. The number of carboxylic acid groups (broad SMARTS) is 1. The monoisotopic (exact) mass is 308 g/mol. The first-order valence-electron chi connectivity index (χ1n) is 6.66. The SMILES string of the molecule is CCC(CC)C(=O)Nc1onc(-c2cccs2)c1C(=O)O. The smallest absolute Gasteiger partial charge is 0.343 e. The zero-order valence-corrected chi connectivity index (χ0v) is 12.6. The maximum atomic E-state index is 12.1. The summed E-state index contributed by atoms with van der Waals surface area (Å²) in [5.41, 5.74) is 0.120. The van der Waals surface area contributed by atoms with Gasteiger partial charge in [0.2, 0.25) is 11.8 Å². The van der Waals surface area contributed by atoms with Crippen molar-refractivity contribution in [1.82, 2.24) is 5.16 Å². The number of aromatic carboxylic acids is 1. The number of rotatable bonds is 6. The van der Waals surface area contributed by atoms with Crippen LogP contribution in [-0.2, 0) is 4.79 Å². The van der Waals surface area contributed by atoms with E-state index in [1.165, 1.54) is 11.3 Å².